The number of urea groups is 1. The smallest absolute Gasteiger partial charge is 0.321 e. The fraction of sp³-hybridized carbons (Fsp3) is 0.389. The fourth-order valence-corrected chi connectivity index (χ4v) is 2.99. The molecule has 0 aliphatic carbocycles. The van der Waals surface area contributed by atoms with Crippen LogP contribution in [0.25, 0.3) is 0 Å². The third-order valence-electron chi connectivity index (χ3n) is 4.34. The lowest BCUT2D eigenvalue weighted by molar-refractivity contribution is 0.182. The summed E-state index contributed by atoms with van der Waals surface area (Å²) in [5.41, 5.74) is 1.97. The van der Waals surface area contributed by atoms with Gasteiger partial charge in [-0.25, -0.2) is 9.78 Å². The van der Waals surface area contributed by atoms with Crippen LogP contribution in [0.4, 0.5) is 10.5 Å². The number of carbonyl (C=O) groups is 1. The first-order chi connectivity index (χ1) is 11.7. The summed E-state index contributed by atoms with van der Waals surface area (Å²) in [7, 11) is 1.56. The second-order valence-electron chi connectivity index (χ2n) is 6.01. The summed E-state index contributed by atoms with van der Waals surface area (Å²) >= 11 is 0. The summed E-state index contributed by atoms with van der Waals surface area (Å²) in [6.07, 6.45) is 8.41. The summed E-state index contributed by atoms with van der Waals surface area (Å²) in [4.78, 5) is 22.4. The van der Waals surface area contributed by atoms with Gasteiger partial charge in [-0.05, 0) is 42.9 Å². The van der Waals surface area contributed by atoms with Crippen molar-refractivity contribution in [3.8, 4) is 5.88 Å². The molecule has 0 atom stereocenters. The van der Waals surface area contributed by atoms with Crippen molar-refractivity contribution in [1.82, 2.24) is 14.9 Å². The quantitative estimate of drug-likeness (QED) is 0.938. The monoisotopic (exact) mass is 326 g/mol. The van der Waals surface area contributed by atoms with E-state index in [1.54, 1.807) is 31.6 Å². The number of anilines is 1. The van der Waals surface area contributed by atoms with Gasteiger partial charge in [-0.3, -0.25) is 4.98 Å². The highest BCUT2D eigenvalue weighted by Crippen LogP contribution is 2.22. The van der Waals surface area contributed by atoms with Crippen molar-refractivity contribution in [2.45, 2.75) is 19.3 Å². The number of rotatable bonds is 4. The molecule has 2 amide bonds. The molecule has 0 bridgehead atoms. The van der Waals surface area contributed by atoms with Crippen LogP contribution in [0.3, 0.4) is 0 Å². The molecule has 2 aromatic heterocycles. The molecule has 0 radical (unpaired) electrons. The van der Waals surface area contributed by atoms with Gasteiger partial charge >= 0.3 is 6.03 Å². The number of ether oxygens (including phenoxy) is 1. The summed E-state index contributed by atoms with van der Waals surface area (Å²) in [5, 5.41) is 2.91. The van der Waals surface area contributed by atoms with E-state index in [4.69, 9.17) is 4.74 Å². The van der Waals surface area contributed by atoms with E-state index in [-0.39, 0.29) is 6.03 Å². The highest BCUT2D eigenvalue weighted by Gasteiger charge is 2.23. The Morgan fingerprint density at radius 3 is 2.88 bits per heavy atom. The Balaban J connectivity index is 1.49. The Morgan fingerprint density at radius 1 is 1.33 bits per heavy atom. The van der Waals surface area contributed by atoms with Crippen molar-refractivity contribution < 1.29 is 9.53 Å². The predicted octanol–water partition coefficient (Wildman–Crippen LogP) is 2.97. The predicted molar refractivity (Wildman–Crippen MR) is 92.0 cm³/mol. The zero-order valence-corrected chi connectivity index (χ0v) is 13.8. The molecule has 126 valence electrons. The number of hydrogen-bond acceptors (Lipinski definition) is 4. The third kappa shape index (κ3) is 4.22. The van der Waals surface area contributed by atoms with Crippen LogP contribution < -0.4 is 10.1 Å². The van der Waals surface area contributed by atoms with E-state index in [9.17, 15) is 4.79 Å². The van der Waals surface area contributed by atoms with Crippen molar-refractivity contribution in [3.63, 3.8) is 0 Å². The first kappa shape index (κ1) is 16.2. The molecule has 24 heavy (non-hydrogen) atoms. The second kappa shape index (κ2) is 7.77. The maximum Gasteiger partial charge on any atom is 0.321 e. The number of pyridine rings is 2. The largest absolute Gasteiger partial charge is 0.481 e. The number of piperidine rings is 1. The SMILES string of the molecule is COc1cc(NC(=O)N2CCC(Cc3cccnc3)CC2)ccn1. The maximum absolute atomic E-state index is 12.4. The maximum atomic E-state index is 12.4. The molecule has 1 fully saturated rings. The number of nitrogens with one attached hydrogen (secondary N) is 1. The molecule has 0 spiro atoms. The van der Waals surface area contributed by atoms with Crippen molar-refractivity contribution in [3.05, 3.63) is 48.4 Å². The first-order valence-corrected chi connectivity index (χ1v) is 8.19. The van der Waals surface area contributed by atoms with Gasteiger partial charge in [0.2, 0.25) is 5.88 Å². The average Bonchev–Trinajstić information content (AvgIpc) is 2.63. The Kier molecular flexibility index (Phi) is 5.25. The van der Waals surface area contributed by atoms with Crippen molar-refractivity contribution in [2.75, 3.05) is 25.5 Å². The zero-order valence-electron chi connectivity index (χ0n) is 13.8. The zero-order chi connectivity index (χ0) is 16.8. The van der Waals surface area contributed by atoms with Crippen molar-refractivity contribution in [1.29, 1.82) is 0 Å². The highest BCUT2D eigenvalue weighted by molar-refractivity contribution is 5.89. The van der Waals surface area contributed by atoms with Gasteiger partial charge in [0, 0.05) is 43.4 Å². The molecule has 6 nitrogen and oxygen atoms in total. The lowest BCUT2D eigenvalue weighted by Gasteiger charge is -2.32. The topological polar surface area (TPSA) is 67.3 Å². The molecular weight excluding hydrogens is 304 g/mol. The molecule has 0 saturated carbocycles. The van der Waals surface area contributed by atoms with Gasteiger partial charge in [0.1, 0.15) is 0 Å². The van der Waals surface area contributed by atoms with E-state index in [2.05, 4.69) is 21.4 Å². The molecular formula is C18H22N4O2. The van der Waals surface area contributed by atoms with Gasteiger partial charge in [-0.15, -0.1) is 0 Å². The van der Waals surface area contributed by atoms with Crippen LogP contribution >= 0.6 is 0 Å². The van der Waals surface area contributed by atoms with Gasteiger partial charge in [0.25, 0.3) is 0 Å². The number of likely N-dealkylation sites (tertiary alicyclic amines) is 1. The number of nitrogens with zero attached hydrogens (tertiary/aromatic N) is 3. The highest BCUT2D eigenvalue weighted by atomic mass is 16.5. The number of aromatic nitrogens is 2. The molecule has 1 saturated heterocycles. The van der Waals surface area contributed by atoms with Crippen LogP contribution in [0.15, 0.2) is 42.9 Å². The molecule has 1 aliphatic heterocycles. The number of amides is 2. The standard InChI is InChI=1S/C18H22N4O2/c1-24-17-12-16(4-8-20-17)21-18(23)22-9-5-14(6-10-22)11-15-3-2-7-19-13-15/h2-4,7-8,12-14H,5-6,9-11H2,1H3,(H,20,21,23). The summed E-state index contributed by atoms with van der Waals surface area (Å²) in [6.45, 7) is 1.55. The minimum Gasteiger partial charge on any atom is -0.481 e. The number of carbonyl (C=O) groups excluding carboxylic acids is 1. The molecule has 0 aromatic carbocycles. The van der Waals surface area contributed by atoms with Gasteiger partial charge in [-0.2, -0.15) is 0 Å². The normalized spacial score (nSPS) is 15.1. The van der Waals surface area contributed by atoms with Gasteiger partial charge in [-0.1, -0.05) is 6.07 Å². The summed E-state index contributed by atoms with van der Waals surface area (Å²) in [5.74, 6) is 1.10. The van der Waals surface area contributed by atoms with Crippen LogP contribution in [0.1, 0.15) is 18.4 Å². The lowest BCUT2D eigenvalue weighted by atomic mass is 9.91. The Hall–Kier alpha value is -2.63. The van der Waals surface area contributed by atoms with Crippen LogP contribution in [-0.4, -0.2) is 41.1 Å². The van der Waals surface area contributed by atoms with Gasteiger partial charge in [0.15, 0.2) is 0 Å². The van der Waals surface area contributed by atoms with Crippen LogP contribution in [0.5, 0.6) is 5.88 Å². The van der Waals surface area contributed by atoms with Gasteiger partial charge in [0.05, 0.1) is 7.11 Å². The minimum atomic E-state index is -0.0666. The molecule has 3 heterocycles. The third-order valence-corrected chi connectivity index (χ3v) is 4.34. The Labute approximate surface area is 141 Å². The second-order valence-corrected chi connectivity index (χ2v) is 6.01. The van der Waals surface area contributed by atoms with Gasteiger partial charge < -0.3 is 15.0 Å². The van der Waals surface area contributed by atoms with Crippen LogP contribution in [-0.2, 0) is 6.42 Å². The molecule has 3 rings (SSSR count). The lowest BCUT2D eigenvalue weighted by Crippen LogP contribution is -2.41. The van der Waals surface area contributed by atoms with E-state index in [0.717, 1.165) is 32.4 Å². The number of hydrogen-bond donors (Lipinski definition) is 1. The van der Waals surface area contributed by atoms with Crippen molar-refractivity contribution in [2.24, 2.45) is 5.92 Å². The molecule has 2 aromatic rings. The Morgan fingerprint density at radius 2 is 2.17 bits per heavy atom. The molecule has 6 heteroatoms. The van der Waals surface area contributed by atoms with Crippen molar-refractivity contribution >= 4 is 11.7 Å². The summed E-state index contributed by atoms with van der Waals surface area (Å²) < 4.78 is 5.07. The van der Waals surface area contributed by atoms with E-state index in [1.165, 1.54) is 5.56 Å². The van der Waals surface area contributed by atoms with E-state index in [1.807, 2.05) is 17.2 Å². The first-order valence-electron chi connectivity index (χ1n) is 8.19. The fourth-order valence-electron chi connectivity index (χ4n) is 2.99. The summed E-state index contributed by atoms with van der Waals surface area (Å²) in [6, 6.07) is 7.50. The van der Waals surface area contributed by atoms with Crippen LogP contribution in [0, 0.1) is 5.92 Å². The molecule has 1 aliphatic rings. The molecule has 1 N–H and O–H groups in total. The molecule has 0 unspecified atom stereocenters. The van der Waals surface area contributed by atoms with E-state index < -0.39 is 0 Å². The minimum absolute atomic E-state index is 0.0666. The van der Waals surface area contributed by atoms with E-state index >= 15 is 0 Å². The van der Waals surface area contributed by atoms with Crippen LogP contribution in [0.2, 0.25) is 0 Å². The Bertz CT molecular complexity index is 670. The number of methoxy groups -OCH3 is 1. The average molecular weight is 326 g/mol. The van der Waals surface area contributed by atoms with E-state index in [0.29, 0.717) is 17.5 Å².